The van der Waals surface area contributed by atoms with Crippen molar-refractivity contribution in [2.24, 2.45) is 0 Å². The zero-order chi connectivity index (χ0) is 15.6. The molecule has 0 spiro atoms. The molecule has 0 saturated carbocycles. The normalized spacial score (nSPS) is 11.4. The van der Waals surface area contributed by atoms with Gasteiger partial charge in [0.15, 0.2) is 0 Å². The van der Waals surface area contributed by atoms with Gasteiger partial charge in [0.05, 0.1) is 21.3 Å². The number of anilines is 2. The van der Waals surface area contributed by atoms with Gasteiger partial charge in [0.1, 0.15) is 0 Å². The molecule has 2 aromatic carbocycles. The van der Waals surface area contributed by atoms with E-state index in [2.05, 4.69) is 15.9 Å². The summed E-state index contributed by atoms with van der Waals surface area (Å²) in [5.41, 5.74) is 6.77. The standard InChI is InChI=1S/C14H14BrClN2O2S/c1-2-18(14-6-4-3-5-13(14)17)21(19,20)10-7-8-12(16)11(15)9-10/h3-9H,2,17H2,1H3. The fraction of sp³-hybridized carbons (Fsp3) is 0.143. The molecular weight excluding hydrogens is 376 g/mol. The third-order valence-electron chi connectivity index (χ3n) is 2.97. The first-order chi connectivity index (χ1) is 9.87. The van der Waals surface area contributed by atoms with Gasteiger partial charge in [0.2, 0.25) is 0 Å². The maximum absolute atomic E-state index is 12.8. The van der Waals surface area contributed by atoms with Crippen molar-refractivity contribution in [3.63, 3.8) is 0 Å². The smallest absolute Gasteiger partial charge is 0.264 e. The molecule has 0 atom stereocenters. The van der Waals surface area contributed by atoms with E-state index in [1.54, 1.807) is 37.3 Å². The van der Waals surface area contributed by atoms with Gasteiger partial charge >= 0.3 is 0 Å². The molecule has 0 saturated heterocycles. The second-order valence-electron chi connectivity index (χ2n) is 4.30. The Morgan fingerprint density at radius 1 is 1.24 bits per heavy atom. The largest absolute Gasteiger partial charge is 0.397 e. The van der Waals surface area contributed by atoms with Gasteiger partial charge in [-0.3, -0.25) is 4.31 Å². The lowest BCUT2D eigenvalue weighted by Gasteiger charge is -2.24. The predicted octanol–water partition coefficient (Wildman–Crippen LogP) is 3.90. The monoisotopic (exact) mass is 388 g/mol. The van der Waals surface area contributed by atoms with E-state index < -0.39 is 10.0 Å². The van der Waals surface area contributed by atoms with Gasteiger partial charge in [0.25, 0.3) is 10.0 Å². The van der Waals surface area contributed by atoms with Crippen LogP contribution in [0.5, 0.6) is 0 Å². The Morgan fingerprint density at radius 3 is 2.48 bits per heavy atom. The minimum Gasteiger partial charge on any atom is -0.397 e. The molecule has 0 bridgehead atoms. The highest BCUT2D eigenvalue weighted by molar-refractivity contribution is 9.10. The molecule has 2 aromatic rings. The highest BCUT2D eigenvalue weighted by Gasteiger charge is 2.25. The number of halogens is 2. The lowest BCUT2D eigenvalue weighted by molar-refractivity contribution is 0.592. The van der Waals surface area contributed by atoms with Crippen molar-refractivity contribution in [2.45, 2.75) is 11.8 Å². The van der Waals surface area contributed by atoms with Crippen LogP contribution in [0.15, 0.2) is 51.8 Å². The van der Waals surface area contributed by atoms with Crippen LogP contribution in [0.25, 0.3) is 0 Å². The molecule has 0 radical (unpaired) electrons. The molecule has 112 valence electrons. The maximum atomic E-state index is 12.8. The van der Waals surface area contributed by atoms with Crippen molar-refractivity contribution in [1.29, 1.82) is 0 Å². The van der Waals surface area contributed by atoms with Crippen molar-refractivity contribution in [1.82, 2.24) is 0 Å². The first-order valence-corrected chi connectivity index (χ1v) is 8.81. The number of benzene rings is 2. The SMILES string of the molecule is CCN(c1ccccc1N)S(=O)(=O)c1ccc(Cl)c(Br)c1. The van der Waals surface area contributed by atoms with Crippen molar-refractivity contribution in [2.75, 3.05) is 16.6 Å². The molecule has 2 rings (SSSR count). The summed E-state index contributed by atoms with van der Waals surface area (Å²) in [6.07, 6.45) is 0. The predicted molar refractivity (Wildman–Crippen MR) is 90.2 cm³/mol. The van der Waals surface area contributed by atoms with Crippen LogP contribution in [0, 0.1) is 0 Å². The first-order valence-electron chi connectivity index (χ1n) is 6.20. The van der Waals surface area contributed by atoms with Crippen molar-refractivity contribution in [3.8, 4) is 0 Å². The summed E-state index contributed by atoms with van der Waals surface area (Å²) in [5.74, 6) is 0. The summed E-state index contributed by atoms with van der Waals surface area (Å²) in [5, 5.41) is 0.455. The second kappa shape index (κ2) is 6.25. The fourth-order valence-electron chi connectivity index (χ4n) is 1.95. The van der Waals surface area contributed by atoms with E-state index in [1.165, 1.54) is 16.4 Å². The Balaban J connectivity index is 2.55. The second-order valence-corrected chi connectivity index (χ2v) is 7.43. The fourth-order valence-corrected chi connectivity index (χ4v) is 4.12. The van der Waals surface area contributed by atoms with Crippen LogP contribution in [0.2, 0.25) is 5.02 Å². The van der Waals surface area contributed by atoms with E-state index in [4.69, 9.17) is 17.3 Å². The lowest BCUT2D eigenvalue weighted by atomic mass is 10.3. The van der Waals surface area contributed by atoms with Crippen LogP contribution in [0.1, 0.15) is 6.92 Å². The zero-order valence-corrected chi connectivity index (χ0v) is 14.4. The molecule has 0 aliphatic rings. The molecule has 0 unspecified atom stereocenters. The van der Waals surface area contributed by atoms with Crippen molar-refractivity contribution < 1.29 is 8.42 Å². The van der Waals surface area contributed by atoms with Crippen molar-refractivity contribution >= 4 is 48.9 Å². The molecule has 21 heavy (non-hydrogen) atoms. The average molecular weight is 390 g/mol. The van der Waals surface area contributed by atoms with Crippen LogP contribution < -0.4 is 10.0 Å². The highest BCUT2D eigenvalue weighted by Crippen LogP contribution is 2.31. The highest BCUT2D eigenvalue weighted by atomic mass is 79.9. The molecule has 2 N–H and O–H groups in total. The molecule has 0 aliphatic carbocycles. The summed E-state index contributed by atoms with van der Waals surface area (Å²) in [6, 6.07) is 11.4. The third kappa shape index (κ3) is 3.17. The first kappa shape index (κ1) is 16.1. The van der Waals surface area contributed by atoms with Gasteiger partial charge in [-0.15, -0.1) is 0 Å². The quantitative estimate of drug-likeness (QED) is 0.807. The third-order valence-corrected chi connectivity index (χ3v) is 6.07. The lowest BCUT2D eigenvalue weighted by Crippen LogP contribution is -2.31. The van der Waals surface area contributed by atoms with Crippen LogP contribution in [0.3, 0.4) is 0 Å². The van der Waals surface area contributed by atoms with E-state index in [9.17, 15) is 8.42 Å². The van der Waals surface area contributed by atoms with Gasteiger partial charge in [0, 0.05) is 11.0 Å². The average Bonchev–Trinajstić information content (AvgIpc) is 2.44. The topological polar surface area (TPSA) is 63.4 Å². The van der Waals surface area contributed by atoms with Crippen LogP contribution >= 0.6 is 27.5 Å². The van der Waals surface area contributed by atoms with Gasteiger partial charge in [-0.1, -0.05) is 23.7 Å². The number of sulfonamides is 1. The summed E-state index contributed by atoms with van der Waals surface area (Å²) in [4.78, 5) is 0.156. The molecular formula is C14H14BrClN2O2S. The zero-order valence-electron chi connectivity index (χ0n) is 11.3. The number of para-hydroxylation sites is 2. The minimum absolute atomic E-state index is 0.156. The van der Waals surface area contributed by atoms with E-state index in [0.29, 0.717) is 20.9 Å². The van der Waals surface area contributed by atoms with E-state index in [0.717, 1.165) is 0 Å². The molecule has 0 fully saturated rings. The molecule has 0 amide bonds. The van der Waals surface area contributed by atoms with Gasteiger partial charge in [-0.25, -0.2) is 8.42 Å². The Bertz CT molecular complexity index is 765. The molecule has 4 nitrogen and oxygen atoms in total. The van der Waals surface area contributed by atoms with Crippen LogP contribution in [-0.2, 0) is 10.0 Å². The molecule has 7 heteroatoms. The Hall–Kier alpha value is -1.24. The van der Waals surface area contributed by atoms with Crippen molar-refractivity contribution in [3.05, 3.63) is 52.0 Å². The van der Waals surface area contributed by atoms with Gasteiger partial charge < -0.3 is 5.73 Å². The summed E-state index contributed by atoms with van der Waals surface area (Å²) >= 11 is 9.15. The number of nitrogens with zero attached hydrogens (tertiary/aromatic N) is 1. The number of hydrogen-bond donors (Lipinski definition) is 1. The Kier molecular flexibility index (Phi) is 4.81. The van der Waals surface area contributed by atoms with Gasteiger partial charge in [-0.05, 0) is 53.2 Å². The number of nitrogen functional groups attached to an aromatic ring is 1. The van der Waals surface area contributed by atoms with Crippen LogP contribution in [0.4, 0.5) is 11.4 Å². The number of rotatable bonds is 4. The molecule has 0 aliphatic heterocycles. The maximum Gasteiger partial charge on any atom is 0.264 e. The Morgan fingerprint density at radius 2 is 1.90 bits per heavy atom. The number of hydrogen-bond acceptors (Lipinski definition) is 3. The summed E-state index contributed by atoms with van der Waals surface area (Å²) in [7, 11) is -3.70. The van der Waals surface area contributed by atoms with E-state index >= 15 is 0 Å². The minimum atomic E-state index is -3.70. The summed E-state index contributed by atoms with van der Waals surface area (Å²) in [6.45, 7) is 2.03. The van der Waals surface area contributed by atoms with Gasteiger partial charge in [-0.2, -0.15) is 0 Å². The van der Waals surface area contributed by atoms with Crippen LogP contribution in [-0.4, -0.2) is 15.0 Å². The van der Waals surface area contributed by atoms with E-state index in [-0.39, 0.29) is 11.4 Å². The number of nitrogens with two attached hydrogens (primary N) is 1. The summed E-state index contributed by atoms with van der Waals surface area (Å²) < 4.78 is 27.4. The molecule has 0 aromatic heterocycles. The molecule has 0 heterocycles. The Labute approximate surface area is 137 Å². The van der Waals surface area contributed by atoms with E-state index in [1.807, 2.05) is 0 Å².